The SMILES string of the molecule is C/C=C/[C@@H]1O[C@@]23CCCC[C@@H]2C(C#N)(C#N)[C@@]1(C#N)C(=N)O3. The zero-order valence-electron chi connectivity index (χ0n) is 12.3. The van der Waals surface area contributed by atoms with E-state index >= 15 is 0 Å². The Morgan fingerprint density at radius 2 is 1.95 bits per heavy atom. The zero-order valence-corrected chi connectivity index (χ0v) is 12.3. The number of ether oxygens (including phenoxy) is 2. The van der Waals surface area contributed by atoms with Crippen LogP contribution in [0.3, 0.4) is 0 Å². The Morgan fingerprint density at radius 3 is 2.55 bits per heavy atom. The molecule has 6 heteroatoms. The maximum Gasteiger partial charge on any atom is 0.218 e. The maximum atomic E-state index is 9.84. The van der Waals surface area contributed by atoms with Crippen LogP contribution in [-0.2, 0) is 9.47 Å². The van der Waals surface area contributed by atoms with Crippen LogP contribution in [0.4, 0.5) is 0 Å². The summed E-state index contributed by atoms with van der Waals surface area (Å²) in [6, 6.07) is 6.21. The average Bonchev–Trinajstić information content (AvgIpc) is 2.53. The molecule has 6 nitrogen and oxygen atoms in total. The van der Waals surface area contributed by atoms with E-state index in [1.165, 1.54) is 0 Å². The number of nitriles is 3. The standard InChI is InChI=1S/C16H16N4O2/c1-2-5-12-15(10-19)13(20)22-16(21-12)7-4-3-6-11(16)14(15,8-17)9-18/h2,5,11-12,20H,3-4,6-7H2,1H3/b5-2+,20-13?/t11-,12+,15-,16-/m1/s1. The number of nitrogens with one attached hydrogen (secondary N) is 1. The summed E-state index contributed by atoms with van der Waals surface area (Å²) in [6.07, 6.45) is 5.35. The number of allylic oxidation sites excluding steroid dienone is 1. The molecule has 3 saturated heterocycles. The molecule has 1 N–H and O–H groups in total. The summed E-state index contributed by atoms with van der Waals surface area (Å²) >= 11 is 0. The normalized spacial score (nSPS) is 41.8. The van der Waals surface area contributed by atoms with Gasteiger partial charge in [-0.05, 0) is 19.8 Å². The minimum absolute atomic E-state index is 0.314. The van der Waals surface area contributed by atoms with Gasteiger partial charge in [0.25, 0.3) is 0 Å². The number of hydrogen-bond donors (Lipinski definition) is 1. The topological polar surface area (TPSA) is 114 Å². The first-order chi connectivity index (χ1) is 10.6. The lowest BCUT2D eigenvalue weighted by molar-refractivity contribution is -0.347. The Bertz CT molecular complexity index is 666. The van der Waals surface area contributed by atoms with Crippen molar-refractivity contribution in [1.29, 1.82) is 21.2 Å². The molecule has 0 amide bonds. The summed E-state index contributed by atoms with van der Waals surface area (Å²) in [4.78, 5) is 0. The van der Waals surface area contributed by atoms with Crippen molar-refractivity contribution in [2.24, 2.45) is 16.7 Å². The number of nitrogens with zero attached hydrogens (tertiary/aromatic N) is 3. The molecular weight excluding hydrogens is 280 g/mol. The molecular formula is C16H16N4O2. The van der Waals surface area contributed by atoms with Crippen molar-refractivity contribution in [2.75, 3.05) is 0 Å². The first kappa shape index (κ1) is 14.6. The molecule has 1 spiro atoms. The third-order valence-electron chi connectivity index (χ3n) is 5.23. The van der Waals surface area contributed by atoms with Gasteiger partial charge in [-0.1, -0.05) is 18.6 Å². The number of hydrogen-bond acceptors (Lipinski definition) is 6. The van der Waals surface area contributed by atoms with Crippen LogP contribution in [0.5, 0.6) is 0 Å². The second-order valence-electron chi connectivity index (χ2n) is 6.06. The van der Waals surface area contributed by atoms with E-state index in [-0.39, 0.29) is 5.90 Å². The molecule has 3 aliphatic heterocycles. The van der Waals surface area contributed by atoms with Crippen molar-refractivity contribution in [3.63, 3.8) is 0 Å². The Kier molecular flexibility index (Phi) is 3.02. The number of rotatable bonds is 1. The smallest absolute Gasteiger partial charge is 0.218 e. The molecule has 1 saturated carbocycles. The van der Waals surface area contributed by atoms with Crippen LogP contribution in [-0.4, -0.2) is 17.8 Å². The molecule has 112 valence electrons. The molecule has 4 rings (SSSR count). The third-order valence-corrected chi connectivity index (χ3v) is 5.23. The third kappa shape index (κ3) is 1.33. The van der Waals surface area contributed by atoms with Gasteiger partial charge in [0.2, 0.25) is 11.7 Å². The van der Waals surface area contributed by atoms with E-state index < -0.39 is 28.6 Å². The molecule has 22 heavy (non-hydrogen) atoms. The summed E-state index contributed by atoms with van der Waals surface area (Å²) in [7, 11) is 0. The minimum Gasteiger partial charge on any atom is -0.447 e. The van der Waals surface area contributed by atoms with E-state index in [1.54, 1.807) is 19.1 Å². The molecule has 2 bridgehead atoms. The highest BCUT2D eigenvalue weighted by atomic mass is 16.7. The highest BCUT2D eigenvalue weighted by molar-refractivity contribution is 5.89. The molecule has 4 fully saturated rings. The molecule has 0 aromatic carbocycles. The van der Waals surface area contributed by atoms with Gasteiger partial charge in [-0.3, -0.25) is 5.41 Å². The monoisotopic (exact) mass is 296 g/mol. The van der Waals surface area contributed by atoms with Crippen LogP contribution in [0, 0.1) is 56.2 Å². The van der Waals surface area contributed by atoms with Crippen molar-refractivity contribution in [3.05, 3.63) is 12.2 Å². The Balaban J connectivity index is 2.32. The van der Waals surface area contributed by atoms with Crippen LogP contribution in [0.25, 0.3) is 0 Å². The van der Waals surface area contributed by atoms with Crippen LogP contribution >= 0.6 is 0 Å². The highest BCUT2D eigenvalue weighted by Crippen LogP contribution is 2.65. The summed E-state index contributed by atoms with van der Waals surface area (Å²) in [5.74, 6) is -1.96. The number of fused-ring (bicyclic) bond motifs is 2. The molecule has 1 aliphatic carbocycles. The van der Waals surface area contributed by atoms with Crippen molar-refractivity contribution < 1.29 is 9.47 Å². The summed E-state index contributed by atoms with van der Waals surface area (Å²) in [5.41, 5.74) is -3.34. The molecule has 0 unspecified atom stereocenters. The van der Waals surface area contributed by atoms with Crippen molar-refractivity contribution in [3.8, 4) is 18.2 Å². The predicted molar refractivity (Wildman–Crippen MR) is 74.9 cm³/mol. The fourth-order valence-corrected chi connectivity index (χ4v) is 4.23. The zero-order chi connectivity index (χ0) is 16.0. The van der Waals surface area contributed by atoms with Crippen molar-refractivity contribution in [1.82, 2.24) is 0 Å². The van der Waals surface area contributed by atoms with E-state index in [2.05, 4.69) is 12.1 Å². The summed E-state index contributed by atoms with van der Waals surface area (Å²) in [5, 5.41) is 37.8. The first-order valence-corrected chi connectivity index (χ1v) is 7.39. The Hall–Kier alpha value is -2.36. The largest absolute Gasteiger partial charge is 0.447 e. The quantitative estimate of drug-likeness (QED) is 0.746. The van der Waals surface area contributed by atoms with E-state index in [0.29, 0.717) is 12.8 Å². The molecule has 4 atom stereocenters. The lowest BCUT2D eigenvalue weighted by atomic mass is 9.49. The summed E-state index contributed by atoms with van der Waals surface area (Å²) < 4.78 is 11.8. The van der Waals surface area contributed by atoms with Crippen molar-refractivity contribution >= 4 is 5.90 Å². The van der Waals surface area contributed by atoms with Crippen molar-refractivity contribution in [2.45, 2.75) is 44.5 Å². The fourth-order valence-electron chi connectivity index (χ4n) is 4.23. The van der Waals surface area contributed by atoms with Crippen LogP contribution in [0.15, 0.2) is 12.2 Å². The van der Waals surface area contributed by atoms with Gasteiger partial charge in [-0.15, -0.1) is 0 Å². The second-order valence-corrected chi connectivity index (χ2v) is 6.06. The van der Waals surface area contributed by atoms with Gasteiger partial charge in [0.15, 0.2) is 10.8 Å². The Morgan fingerprint density at radius 1 is 1.23 bits per heavy atom. The average molecular weight is 296 g/mol. The maximum absolute atomic E-state index is 9.84. The van der Waals surface area contributed by atoms with Gasteiger partial charge < -0.3 is 9.47 Å². The fraction of sp³-hybridized carbons (Fsp3) is 0.625. The molecule has 3 heterocycles. The van der Waals surface area contributed by atoms with Gasteiger partial charge in [-0.2, -0.15) is 15.8 Å². The lowest BCUT2D eigenvalue weighted by Crippen LogP contribution is -2.75. The van der Waals surface area contributed by atoms with Gasteiger partial charge in [-0.25, -0.2) is 0 Å². The van der Waals surface area contributed by atoms with Crippen LogP contribution in [0.2, 0.25) is 0 Å². The first-order valence-electron chi connectivity index (χ1n) is 7.39. The molecule has 4 aliphatic rings. The van der Waals surface area contributed by atoms with Crippen LogP contribution < -0.4 is 0 Å². The Labute approximate surface area is 129 Å². The van der Waals surface area contributed by atoms with E-state index in [1.807, 2.05) is 6.07 Å². The van der Waals surface area contributed by atoms with Gasteiger partial charge >= 0.3 is 0 Å². The lowest BCUT2D eigenvalue weighted by Gasteiger charge is -2.63. The van der Waals surface area contributed by atoms with Crippen LogP contribution in [0.1, 0.15) is 32.6 Å². The van der Waals surface area contributed by atoms with Gasteiger partial charge in [0, 0.05) is 6.42 Å². The highest BCUT2D eigenvalue weighted by Gasteiger charge is 2.79. The van der Waals surface area contributed by atoms with Gasteiger partial charge in [0.05, 0.1) is 24.1 Å². The van der Waals surface area contributed by atoms with Gasteiger partial charge in [0.1, 0.15) is 6.10 Å². The van der Waals surface area contributed by atoms with E-state index in [4.69, 9.17) is 14.9 Å². The predicted octanol–water partition coefficient (Wildman–Crippen LogP) is 2.40. The molecule has 0 radical (unpaired) electrons. The minimum atomic E-state index is -1.72. The second kappa shape index (κ2) is 4.57. The molecule has 0 aromatic heterocycles. The van der Waals surface area contributed by atoms with E-state index in [0.717, 1.165) is 12.8 Å². The molecule has 0 aromatic rings. The van der Waals surface area contributed by atoms with E-state index in [9.17, 15) is 15.8 Å². The summed E-state index contributed by atoms with van der Waals surface area (Å²) in [6.45, 7) is 1.78.